The number of fused-ring (bicyclic) bond motifs is 2. The quantitative estimate of drug-likeness (QED) is 0.150. The van der Waals surface area contributed by atoms with Gasteiger partial charge in [0.25, 0.3) is 0 Å². The zero-order chi connectivity index (χ0) is 28.6. The molecule has 0 amide bonds. The molecule has 0 N–H and O–H groups in total. The van der Waals surface area contributed by atoms with Gasteiger partial charge in [0.1, 0.15) is 22.4 Å². The third-order valence-electron chi connectivity index (χ3n) is 6.93. The molecule has 0 unspecified atom stereocenters. The molecule has 0 bridgehead atoms. The lowest BCUT2D eigenvalue weighted by Crippen LogP contribution is -2.02. The molecule has 0 atom stereocenters. The van der Waals surface area contributed by atoms with Crippen molar-refractivity contribution in [3.8, 4) is 34.3 Å². The number of benzene rings is 4. The Balaban J connectivity index is 1.35. The van der Waals surface area contributed by atoms with Crippen LogP contribution in [0, 0.1) is 11.3 Å². The summed E-state index contributed by atoms with van der Waals surface area (Å²) in [7, 11) is 0. The third-order valence-corrected chi connectivity index (χ3v) is 8.04. The van der Waals surface area contributed by atoms with E-state index in [-0.39, 0.29) is 0 Å². The summed E-state index contributed by atoms with van der Waals surface area (Å²) in [6, 6.07) is 33.2. The molecular weight excluding hydrogens is 564 g/mol. The van der Waals surface area contributed by atoms with Crippen LogP contribution in [0.2, 0.25) is 5.02 Å². The first-order valence-electron chi connectivity index (χ1n) is 13.0. The van der Waals surface area contributed by atoms with E-state index in [1.165, 1.54) is 11.3 Å². The summed E-state index contributed by atoms with van der Waals surface area (Å²) in [5.74, 6) is 0. The van der Waals surface area contributed by atoms with E-state index < -0.39 is 5.63 Å². The van der Waals surface area contributed by atoms with Gasteiger partial charge < -0.3 is 4.42 Å². The van der Waals surface area contributed by atoms with Crippen molar-refractivity contribution < 1.29 is 4.42 Å². The minimum Gasteiger partial charge on any atom is -0.422 e. The Labute approximate surface area is 249 Å². The second-order valence-electron chi connectivity index (χ2n) is 9.58. The minimum atomic E-state index is -0.508. The van der Waals surface area contributed by atoms with Crippen LogP contribution in [-0.4, -0.2) is 14.8 Å². The molecule has 7 rings (SSSR count). The highest BCUT2D eigenvalue weighted by Gasteiger charge is 2.18. The molecule has 0 aliphatic heterocycles. The maximum Gasteiger partial charge on any atom is 0.345 e. The first-order valence-corrected chi connectivity index (χ1v) is 14.3. The first kappa shape index (κ1) is 25.7. The number of para-hydroxylation sites is 1. The van der Waals surface area contributed by atoms with Gasteiger partial charge in [-0.15, -0.1) is 11.3 Å². The van der Waals surface area contributed by atoms with Crippen LogP contribution in [0.1, 0.15) is 10.6 Å². The van der Waals surface area contributed by atoms with Gasteiger partial charge in [-0.25, -0.2) is 14.5 Å². The van der Waals surface area contributed by atoms with Gasteiger partial charge in [-0.05, 0) is 53.2 Å². The fraction of sp³-hybridized carbons (Fsp3) is 0. The summed E-state index contributed by atoms with van der Waals surface area (Å²) in [4.78, 5) is 17.4. The number of nitriles is 1. The van der Waals surface area contributed by atoms with Crippen LogP contribution in [0.15, 0.2) is 118 Å². The molecule has 0 spiro atoms. The summed E-state index contributed by atoms with van der Waals surface area (Å²) in [6.45, 7) is 0. The molecule has 0 saturated carbocycles. The molecular formula is C34H19ClN4O2S. The average Bonchev–Trinajstić information content (AvgIpc) is 3.68. The maximum atomic E-state index is 12.8. The van der Waals surface area contributed by atoms with E-state index in [9.17, 15) is 10.1 Å². The summed E-state index contributed by atoms with van der Waals surface area (Å²) in [6.07, 6.45) is 3.72. The fourth-order valence-corrected chi connectivity index (χ4v) is 5.90. The number of halogens is 1. The zero-order valence-electron chi connectivity index (χ0n) is 21.9. The van der Waals surface area contributed by atoms with Crippen LogP contribution >= 0.6 is 22.9 Å². The molecule has 3 heterocycles. The molecule has 0 aliphatic rings. The lowest BCUT2D eigenvalue weighted by Gasteiger charge is -2.05. The Hall–Kier alpha value is -5.29. The number of thiazole rings is 1. The summed E-state index contributed by atoms with van der Waals surface area (Å²) >= 11 is 7.43. The molecule has 0 fully saturated rings. The van der Waals surface area contributed by atoms with Gasteiger partial charge in [0, 0.05) is 33.1 Å². The second-order valence-corrected chi connectivity index (χ2v) is 10.9. The Morgan fingerprint density at radius 1 is 0.929 bits per heavy atom. The highest BCUT2D eigenvalue weighted by molar-refractivity contribution is 7.11. The smallest absolute Gasteiger partial charge is 0.345 e. The molecule has 3 aromatic heterocycles. The van der Waals surface area contributed by atoms with Gasteiger partial charge in [0.2, 0.25) is 0 Å². The molecule has 0 aliphatic carbocycles. The number of hydrogen-bond donors (Lipinski definition) is 0. The molecule has 4 aromatic carbocycles. The first-order chi connectivity index (χ1) is 20.6. The van der Waals surface area contributed by atoms with Crippen molar-refractivity contribution in [2.75, 3.05) is 0 Å². The van der Waals surface area contributed by atoms with E-state index in [0.29, 0.717) is 37.8 Å². The third kappa shape index (κ3) is 4.69. The molecule has 0 radical (unpaired) electrons. The van der Waals surface area contributed by atoms with Gasteiger partial charge in [-0.2, -0.15) is 10.4 Å². The van der Waals surface area contributed by atoms with E-state index >= 15 is 0 Å². The van der Waals surface area contributed by atoms with Crippen LogP contribution < -0.4 is 5.63 Å². The largest absolute Gasteiger partial charge is 0.422 e. The van der Waals surface area contributed by atoms with E-state index in [0.717, 1.165) is 33.3 Å². The summed E-state index contributed by atoms with van der Waals surface area (Å²) < 4.78 is 7.31. The Bertz CT molecular complexity index is 2250. The highest BCUT2D eigenvalue weighted by atomic mass is 35.5. The Kier molecular flexibility index (Phi) is 6.48. The Morgan fingerprint density at radius 2 is 1.74 bits per heavy atom. The molecule has 8 heteroatoms. The topological polar surface area (TPSA) is 84.7 Å². The number of allylic oxidation sites excluding steroid dienone is 1. The van der Waals surface area contributed by atoms with Crippen LogP contribution in [0.4, 0.5) is 0 Å². The van der Waals surface area contributed by atoms with Gasteiger partial charge in [-0.1, -0.05) is 72.3 Å². The summed E-state index contributed by atoms with van der Waals surface area (Å²) in [5, 5.41) is 20.8. The van der Waals surface area contributed by atoms with Crippen LogP contribution in [0.25, 0.3) is 61.6 Å². The van der Waals surface area contributed by atoms with Gasteiger partial charge in [0.15, 0.2) is 0 Å². The number of hydrogen-bond acceptors (Lipinski definition) is 6. The van der Waals surface area contributed by atoms with Gasteiger partial charge in [-0.3, -0.25) is 0 Å². The SMILES string of the molecule is N#CC(=Cc1cn(-c2ccccc2)nc1-c1cccc2ccccc12)c1nc(-c2cc3cc(Cl)ccc3oc2=O)cs1. The monoisotopic (exact) mass is 582 g/mol. The van der Waals surface area contributed by atoms with Crippen molar-refractivity contribution in [2.45, 2.75) is 0 Å². The van der Waals surface area contributed by atoms with Crippen molar-refractivity contribution in [2.24, 2.45) is 0 Å². The molecule has 200 valence electrons. The number of nitrogens with zero attached hydrogens (tertiary/aromatic N) is 4. The van der Waals surface area contributed by atoms with Crippen molar-refractivity contribution in [3.05, 3.63) is 135 Å². The molecule has 42 heavy (non-hydrogen) atoms. The summed E-state index contributed by atoms with van der Waals surface area (Å²) in [5.41, 5.74) is 4.39. The molecule has 0 saturated heterocycles. The Morgan fingerprint density at radius 3 is 2.60 bits per heavy atom. The van der Waals surface area contributed by atoms with Gasteiger partial charge in [0.05, 0.1) is 22.5 Å². The number of rotatable bonds is 5. The molecule has 6 nitrogen and oxygen atoms in total. The van der Waals surface area contributed by atoms with Crippen molar-refractivity contribution in [1.82, 2.24) is 14.8 Å². The lowest BCUT2D eigenvalue weighted by molar-refractivity contribution is 0.563. The van der Waals surface area contributed by atoms with Crippen LogP contribution in [0.3, 0.4) is 0 Å². The number of aromatic nitrogens is 3. The van der Waals surface area contributed by atoms with E-state index in [1.807, 2.05) is 65.5 Å². The standard InChI is InChI=1S/C34H19ClN4O2S/c35-25-13-14-31-22(16-25)17-29(34(40)41-31)30-20-42-33(37-30)23(18-36)15-24-19-39(26-9-2-1-3-10-26)38-32(24)28-12-6-8-21-7-4-5-11-27(21)28/h1-17,19-20H. The van der Waals surface area contributed by atoms with E-state index in [1.54, 1.807) is 35.7 Å². The molecule has 7 aromatic rings. The van der Waals surface area contributed by atoms with Gasteiger partial charge >= 0.3 is 5.63 Å². The van der Waals surface area contributed by atoms with Crippen molar-refractivity contribution >= 4 is 56.3 Å². The predicted octanol–water partition coefficient (Wildman–Crippen LogP) is 8.64. The minimum absolute atomic E-state index is 0.304. The normalized spacial score (nSPS) is 11.7. The maximum absolute atomic E-state index is 12.8. The lowest BCUT2D eigenvalue weighted by atomic mass is 9.99. The van der Waals surface area contributed by atoms with Crippen molar-refractivity contribution in [3.63, 3.8) is 0 Å². The van der Waals surface area contributed by atoms with Crippen LogP contribution in [0.5, 0.6) is 0 Å². The zero-order valence-corrected chi connectivity index (χ0v) is 23.4. The van der Waals surface area contributed by atoms with E-state index in [2.05, 4.69) is 29.3 Å². The van der Waals surface area contributed by atoms with E-state index in [4.69, 9.17) is 21.1 Å². The van der Waals surface area contributed by atoms with Crippen LogP contribution in [-0.2, 0) is 0 Å². The predicted molar refractivity (Wildman–Crippen MR) is 169 cm³/mol. The highest BCUT2D eigenvalue weighted by Crippen LogP contribution is 2.34. The fourth-order valence-electron chi connectivity index (χ4n) is 4.94. The van der Waals surface area contributed by atoms with Crippen molar-refractivity contribution in [1.29, 1.82) is 5.26 Å². The average molecular weight is 583 g/mol. The second kappa shape index (κ2) is 10.6.